The van der Waals surface area contributed by atoms with E-state index in [0.29, 0.717) is 11.6 Å². The molecule has 0 amide bonds. The average molecular weight is 339 g/mol. The molecular weight excluding hydrogens is 310 g/mol. The Labute approximate surface area is 150 Å². The number of rotatable bonds is 1. The number of allylic oxidation sites excluding steroid dienone is 5. The molecule has 25 heavy (non-hydrogen) atoms. The quantitative estimate of drug-likeness (QED) is 0.577. The first-order chi connectivity index (χ1) is 11.7. The summed E-state index contributed by atoms with van der Waals surface area (Å²) in [5.41, 5.74) is 3.27. The summed E-state index contributed by atoms with van der Waals surface area (Å²) >= 11 is 0. The van der Waals surface area contributed by atoms with E-state index >= 15 is 0 Å². The van der Waals surface area contributed by atoms with Crippen LogP contribution in [0.4, 0.5) is 0 Å². The highest BCUT2D eigenvalue weighted by Gasteiger charge is 2.70. The molecule has 1 saturated carbocycles. The Kier molecular flexibility index (Phi) is 3.33. The number of ketones is 2. The first-order valence-electron chi connectivity index (χ1n) is 9.62. The van der Waals surface area contributed by atoms with Gasteiger partial charge < -0.3 is 5.32 Å². The molecule has 1 N–H and O–H groups in total. The number of hydrogen-bond acceptors (Lipinski definition) is 3. The zero-order valence-corrected chi connectivity index (χ0v) is 16.1. The molecule has 134 valence electrons. The third kappa shape index (κ3) is 1.68. The topological polar surface area (TPSA) is 46.2 Å². The molecule has 4 rings (SSSR count). The minimum Gasteiger partial charge on any atom is -0.385 e. The van der Waals surface area contributed by atoms with Crippen molar-refractivity contribution in [3.8, 4) is 0 Å². The highest BCUT2D eigenvalue weighted by atomic mass is 16.1. The second-order valence-corrected chi connectivity index (χ2v) is 9.05. The molecule has 0 aliphatic heterocycles. The van der Waals surface area contributed by atoms with Gasteiger partial charge in [0.2, 0.25) is 5.78 Å². The lowest BCUT2D eigenvalue weighted by Gasteiger charge is -2.64. The van der Waals surface area contributed by atoms with Gasteiger partial charge in [0.15, 0.2) is 5.78 Å². The van der Waals surface area contributed by atoms with E-state index in [1.54, 1.807) is 7.05 Å². The van der Waals surface area contributed by atoms with Gasteiger partial charge in [0.25, 0.3) is 0 Å². The lowest BCUT2D eigenvalue weighted by molar-refractivity contribution is -0.124. The molecule has 4 unspecified atom stereocenters. The third-order valence-corrected chi connectivity index (χ3v) is 8.51. The molecule has 1 fully saturated rings. The van der Waals surface area contributed by atoms with Crippen LogP contribution in [0.5, 0.6) is 0 Å². The number of hydrogen-bond donors (Lipinski definition) is 1. The molecule has 4 aliphatic carbocycles. The number of likely N-dealkylation sites (N-methyl/N-ethyl adjacent to an activating group) is 1. The van der Waals surface area contributed by atoms with Crippen LogP contribution in [-0.4, -0.2) is 18.6 Å². The van der Waals surface area contributed by atoms with Crippen molar-refractivity contribution in [1.29, 1.82) is 0 Å². The molecule has 0 bridgehead atoms. The molecule has 3 nitrogen and oxygen atoms in total. The Morgan fingerprint density at radius 3 is 2.60 bits per heavy atom. The lowest BCUT2D eigenvalue weighted by Crippen LogP contribution is -2.58. The van der Waals surface area contributed by atoms with E-state index in [1.165, 1.54) is 11.6 Å². The molecule has 0 aromatic rings. The zero-order chi connectivity index (χ0) is 18.2. The van der Waals surface area contributed by atoms with Crippen LogP contribution in [-0.2, 0) is 9.59 Å². The van der Waals surface area contributed by atoms with E-state index in [1.807, 2.05) is 0 Å². The van der Waals surface area contributed by atoms with E-state index in [2.05, 4.69) is 39.1 Å². The Bertz CT molecular complexity index is 786. The van der Waals surface area contributed by atoms with Gasteiger partial charge in [0.1, 0.15) is 0 Å². The van der Waals surface area contributed by atoms with Crippen molar-refractivity contribution in [3.63, 3.8) is 0 Å². The fourth-order valence-corrected chi connectivity index (χ4v) is 6.78. The van der Waals surface area contributed by atoms with Gasteiger partial charge in [-0.25, -0.2) is 0 Å². The van der Waals surface area contributed by atoms with E-state index in [-0.39, 0.29) is 27.8 Å². The van der Waals surface area contributed by atoms with Gasteiger partial charge in [-0.2, -0.15) is 0 Å². The second kappa shape index (κ2) is 4.96. The van der Waals surface area contributed by atoms with Gasteiger partial charge in [-0.3, -0.25) is 9.59 Å². The van der Waals surface area contributed by atoms with Crippen LogP contribution in [0, 0.1) is 22.2 Å². The molecule has 3 heteroatoms. The minimum absolute atomic E-state index is 0.0253. The smallest absolute Gasteiger partial charge is 0.205 e. The monoisotopic (exact) mass is 339 g/mol. The molecular formula is C22H29NO2. The molecule has 4 aliphatic rings. The van der Waals surface area contributed by atoms with Crippen LogP contribution in [0.3, 0.4) is 0 Å². The summed E-state index contributed by atoms with van der Waals surface area (Å²) in [6, 6.07) is 0. The first kappa shape index (κ1) is 16.8. The van der Waals surface area contributed by atoms with E-state index in [0.717, 1.165) is 43.3 Å². The number of nitrogens with one attached hydrogen (secondary N) is 1. The molecule has 4 atom stereocenters. The standard InChI is InChI=1S/C22H29NO2/c1-13-7-6-9-22-18-15(17(24)11-16(23-5)19(18)25)12-21(22,4)14(2)8-10-20(13,22)3/h7,11,14,23H,6,8-10,12H2,1-5H3. The fourth-order valence-electron chi connectivity index (χ4n) is 6.78. The Hall–Kier alpha value is -1.64. The van der Waals surface area contributed by atoms with Crippen molar-refractivity contribution < 1.29 is 9.59 Å². The van der Waals surface area contributed by atoms with Gasteiger partial charge >= 0.3 is 0 Å². The second-order valence-electron chi connectivity index (χ2n) is 9.05. The maximum Gasteiger partial charge on any atom is 0.205 e. The summed E-state index contributed by atoms with van der Waals surface area (Å²) < 4.78 is 0. The van der Waals surface area contributed by atoms with Gasteiger partial charge in [-0.1, -0.05) is 32.4 Å². The van der Waals surface area contributed by atoms with E-state index in [4.69, 9.17) is 0 Å². The van der Waals surface area contributed by atoms with Crippen molar-refractivity contribution in [2.45, 2.75) is 59.8 Å². The fraction of sp³-hybridized carbons (Fsp3) is 0.636. The van der Waals surface area contributed by atoms with Crippen LogP contribution in [0.25, 0.3) is 0 Å². The van der Waals surface area contributed by atoms with Crippen molar-refractivity contribution in [2.75, 3.05) is 7.05 Å². The van der Waals surface area contributed by atoms with Gasteiger partial charge in [-0.05, 0) is 55.8 Å². The third-order valence-electron chi connectivity index (χ3n) is 8.51. The molecule has 1 spiro atoms. The highest BCUT2D eigenvalue weighted by molar-refractivity contribution is 6.24. The van der Waals surface area contributed by atoms with E-state index in [9.17, 15) is 9.59 Å². The predicted molar refractivity (Wildman–Crippen MR) is 98.8 cm³/mol. The summed E-state index contributed by atoms with van der Waals surface area (Å²) in [5.74, 6) is 0.622. The summed E-state index contributed by atoms with van der Waals surface area (Å²) in [6.45, 7) is 9.27. The molecule has 0 saturated heterocycles. The van der Waals surface area contributed by atoms with Crippen molar-refractivity contribution in [1.82, 2.24) is 5.32 Å². The molecule has 0 aromatic carbocycles. The highest BCUT2D eigenvalue weighted by Crippen LogP contribution is 2.76. The molecule has 0 heterocycles. The SMILES string of the molecule is CNC1=CC(=O)C2=C(C1=O)C13CCC=C(C)C1(C)CCC(C)C3(C)C2. The zero-order valence-electron chi connectivity index (χ0n) is 16.1. The van der Waals surface area contributed by atoms with Crippen LogP contribution in [0.15, 0.2) is 34.6 Å². The summed E-state index contributed by atoms with van der Waals surface area (Å²) in [6.07, 6.45) is 8.88. The number of Topliss-reactive ketones (excluding diaryl/α,β-unsaturated/α-hetero) is 1. The van der Waals surface area contributed by atoms with E-state index < -0.39 is 0 Å². The molecule has 0 aromatic heterocycles. The van der Waals surface area contributed by atoms with Crippen LogP contribution in [0.1, 0.15) is 59.8 Å². The predicted octanol–water partition coefficient (Wildman–Crippen LogP) is 4.11. The van der Waals surface area contributed by atoms with Gasteiger partial charge in [0, 0.05) is 29.7 Å². The average Bonchev–Trinajstić information content (AvgIpc) is 2.86. The number of carbonyl (C=O) groups excluding carboxylic acids is 2. The van der Waals surface area contributed by atoms with Crippen LogP contribution in [0.2, 0.25) is 0 Å². The van der Waals surface area contributed by atoms with Gasteiger partial charge in [0.05, 0.1) is 5.70 Å². The van der Waals surface area contributed by atoms with Crippen LogP contribution >= 0.6 is 0 Å². The van der Waals surface area contributed by atoms with Crippen molar-refractivity contribution >= 4 is 11.6 Å². The lowest BCUT2D eigenvalue weighted by atomic mass is 9.38. The summed E-state index contributed by atoms with van der Waals surface area (Å²) in [7, 11) is 1.74. The summed E-state index contributed by atoms with van der Waals surface area (Å²) in [5, 5.41) is 2.97. The Morgan fingerprint density at radius 1 is 1.20 bits per heavy atom. The Morgan fingerprint density at radius 2 is 1.92 bits per heavy atom. The maximum absolute atomic E-state index is 13.4. The normalized spacial score (nSPS) is 43.2. The molecule has 0 radical (unpaired) electrons. The first-order valence-corrected chi connectivity index (χ1v) is 9.62. The number of carbonyl (C=O) groups is 2. The summed E-state index contributed by atoms with van der Waals surface area (Å²) in [4.78, 5) is 26.3. The maximum atomic E-state index is 13.4. The van der Waals surface area contributed by atoms with Crippen LogP contribution < -0.4 is 5.32 Å². The van der Waals surface area contributed by atoms with Crippen molar-refractivity contribution in [3.05, 3.63) is 34.6 Å². The Balaban J connectivity index is 2.03. The largest absolute Gasteiger partial charge is 0.385 e. The minimum atomic E-state index is -0.213. The van der Waals surface area contributed by atoms with Gasteiger partial charge in [-0.15, -0.1) is 0 Å². The van der Waals surface area contributed by atoms with Crippen molar-refractivity contribution in [2.24, 2.45) is 22.2 Å².